The molecule has 2 aromatic rings. The van der Waals surface area contributed by atoms with Crippen molar-refractivity contribution in [1.29, 1.82) is 0 Å². The van der Waals surface area contributed by atoms with Gasteiger partial charge in [0.1, 0.15) is 5.75 Å². The van der Waals surface area contributed by atoms with E-state index in [1.54, 1.807) is 0 Å². The molecule has 4 heteroatoms. The number of rotatable bonds is 6. The van der Waals surface area contributed by atoms with Crippen molar-refractivity contribution in [3.05, 3.63) is 59.7 Å². The molecule has 0 fully saturated rings. The van der Waals surface area contributed by atoms with E-state index in [9.17, 15) is 4.21 Å². The van der Waals surface area contributed by atoms with E-state index < -0.39 is 10.8 Å². The van der Waals surface area contributed by atoms with Crippen molar-refractivity contribution in [3.8, 4) is 5.75 Å². The van der Waals surface area contributed by atoms with Crippen LogP contribution in [0.5, 0.6) is 5.75 Å². The van der Waals surface area contributed by atoms with Crippen molar-refractivity contribution in [2.45, 2.75) is 24.8 Å². The van der Waals surface area contributed by atoms with Crippen molar-refractivity contribution >= 4 is 10.8 Å². The Hall–Kier alpha value is -1.65. The Labute approximate surface area is 128 Å². The summed E-state index contributed by atoms with van der Waals surface area (Å²) in [5, 5.41) is 0. The van der Waals surface area contributed by atoms with E-state index in [1.807, 2.05) is 62.4 Å². The molecule has 0 bridgehead atoms. The SMILES string of the molecule is CCOc1ccccc1C(N)CS(=O)c1ccccc1C. The van der Waals surface area contributed by atoms with Crippen LogP contribution in [0.4, 0.5) is 0 Å². The standard InChI is InChI=1S/C17H21NO2S/c1-3-20-16-10-6-5-9-14(16)15(18)12-21(19)17-11-7-4-8-13(17)2/h4-11,15H,3,12,18H2,1-2H3. The molecule has 0 saturated carbocycles. The van der Waals surface area contributed by atoms with Crippen molar-refractivity contribution in [2.24, 2.45) is 5.73 Å². The molecule has 112 valence electrons. The predicted molar refractivity (Wildman–Crippen MR) is 87.0 cm³/mol. The molecule has 0 aromatic heterocycles. The summed E-state index contributed by atoms with van der Waals surface area (Å²) in [4.78, 5) is 0.849. The lowest BCUT2D eigenvalue weighted by molar-refractivity contribution is 0.335. The predicted octanol–water partition coefficient (Wildman–Crippen LogP) is 3.20. The quantitative estimate of drug-likeness (QED) is 0.891. The van der Waals surface area contributed by atoms with Crippen LogP contribution >= 0.6 is 0 Å². The highest BCUT2D eigenvalue weighted by Gasteiger charge is 2.16. The second kappa shape index (κ2) is 7.38. The Kier molecular flexibility index (Phi) is 5.53. The summed E-state index contributed by atoms with van der Waals surface area (Å²) in [5.74, 6) is 1.16. The zero-order chi connectivity index (χ0) is 15.2. The second-order valence-electron chi connectivity index (χ2n) is 4.86. The Morgan fingerprint density at radius 3 is 2.52 bits per heavy atom. The van der Waals surface area contributed by atoms with Crippen LogP contribution in [-0.4, -0.2) is 16.6 Å². The van der Waals surface area contributed by atoms with Gasteiger partial charge in [-0.05, 0) is 31.5 Å². The van der Waals surface area contributed by atoms with Gasteiger partial charge in [0.2, 0.25) is 0 Å². The van der Waals surface area contributed by atoms with Gasteiger partial charge >= 0.3 is 0 Å². The van der Waals surface area contributed by atoms with E-state index in [0.717, 1.165) is 21.8 Å². The zero-order valence-corrected chi connectivity index (χ0v) is 13.2. The van der Waals surface area contributed by atoms with E-state index in [2.05, 4.69) is 0 Å². The third-order valence-corrected chi connectivity index (χ3v) is 4.90. The summed E-state index contributed by atoms with van der Waals surface area (Å²) in [6, 6.07) is 15.1. The van der Waals surface area contributed by atoms with E-state index in [4.69, 9.17) is 10.5 Å². The molecule has 21 heavy (non-hydrogen) atoms. The van der Waals surface area contributed by atoms with Crippen molar-refractivity contribution in [2.75, 3.05) is 12.4 Å². The second-order valence-corrected chi connectivity index (χ2v) is 6.32. The molecule has 3 nitrogen and oxygen atoms in total. The molecule has 2 N–H and O–H groups in total. The molecule has 2 rings (SSSR count). The molecule has 2 aromatic carbocycles. The smallest absolute Gasteiger partial charge is 0.124 e. The minimum atomic E-state index is -1.12. The van der Waals surface area contributed by atoms with Crippen molar-refractivity contribution in [3.63, 3.8) is 0 Å². The van der Waals surface area contributed by atoms with Gasteiger partial charge in [-0.15, -0.1) is 0 Å². The van der Waals surface area contributed by atoms with Crippen LogP contribution in [0.2, 0.25) is 0 Å². The monoisotopic (exact) mass is 303 g/mol. The summed E-state index contributed by atoms with van der Waals surface area (Å²) in [7, 11) is -1.12. The summed E-state index contributed by atoms with van der Waals surface area (Å²) < 4.78 is 18.1. The molecule has 2 unspecified atom stereocenters. The number of nitrogens with two attached hydrogens (primary N) is 1. The van der Waals surface area contributed by atoms with E-state index in [-0.39, 0.29) is 6.04 Å². The molecule has 0 radical (unpaired) electrons. The number of para-hydroxylation sites is 1. The molecule has 0 aliphatic carbocycles. The maximum absolute atomic E-state index is 12.5. The Morgan fingerprint density at radius 2 is 1.81 bits per heavy atom. The summed E-state index contributed by atoms with van der Waals surface area (Å²) in [6.07, 6.45) is 0. The molecule has 0 heterocycles. The van der Waals surface area contributed by atoms with Gasteiger partial charge in [-0.3, -0.25) is 4.21 Å². The lowest BCUT2D eigenvalue weighted by Crippen LogP contribution is -2.19. The number of ether oxygens (including phenoxy) is 1. The van der Waals surface area contributed by atoms with Crippen LogP contribution in [-0.2, 0) is 10.8 Å². The lowest BCUT2D eigenvalue weighted by Gasteiger charge is -2.16. The Balaban J connectivity index is 2.17. The zero-order valence-electron chi connectivity index (χ0n) is 12.4. The summed E-state index contributed by atoms with van der Waals surface area (Å²) in [5.41, 5.74) is 8.17. The fraction of sp³-hybridized carbons (Fsp3) is 0.294. The van der Waals surface area contributed by atoms with Gasteiger partial charge in [0.25, 0.3) is 0 Å². The lowest BCUT2D eigenvalue weighted by atomic mass is 10.1. The van der Waals surface area contributed by atoms with Crippen LogP contribution in [0.25, 0.3) is 0 Å². The molecular weight excluding hydrogens is 282 g/mol. The summed E-state index contributed by atoms with van der Waals surface area (Å²) in [6.45, 7) is 4.49. The largest absolute Gasteiger partial charge is 0.494 e. The molecule has 0 spiro atoms. The minimum Gasteiger partial charge on any atom is -0.494 e. The first-order valence-corrected chi connectivity index (χ1v) is 8.36. The highest BCUT2D eigenvalue weighted by Crippen LogP contribution is 2.25. The van der Waals surface area contributed by atoms with Crippen LogP contribution in [0.1, 0.15) is 24.1 Å². The highest BCUT2D eigenvalue weighted by molar-refractivity contribution is 7.85. The first-order valence-electron chi connectivity index (χ1n) is 7.04. The number of aryl methyl sites for hydroxylation is 1. The third-order valence-electron chi connectivity index (χ3n) is 3.29. The van der Waals surface area contributed by atoms with Gasteiger partial charge in [0.05, 0.1) is 17.4 Å². The maximum Gasteiger partial charge on any atom is 0.124 e. The first kappa shape index (κ1) is 15.7. The molecule has 0 saturated heterocycles. The Morgan fingerprint density at radius 1 is 1.14 bits per heavy atom. The topological polar surface area (TPSA) is 52.3 Å². The maximum atomic E-state index is 12.5. The number of benzene rings is 2. The molecule has 0 amide bonds. The molecule has 0 aliphatic rings. The van der Waals surface area contributed by atoms with Gasteiger partial charge in [-0.25, -0.2) is 0 Å². The average molecular weight is 303 g/mol. The van der Waals surface area contributed by atoms with Crippen molar-refractivity contribution < 1.29 is 8.95 Å². The number of hydrogen-bond acceptors (Lipinski definition) is 3. The fourth-order valence-corrected chi connectivity index (χ4v) is 3.57. The van der Waals surface area contributed by atoms with Gasteiger partial charge in [0.15, 0.2) is 0 Å². The van der Waals surface area contributed by atoms with E-state index in [1.165, 1.54) is 0 Å². The van der Waals surface area contributed by atoms with Gasteiger partial charge in [0, 0.05) is 22.3 Å². The minimum absolute atomic E-state index is 0.312. The van der Waals surface area contributed by atoms with Crippen LogP contribution in [0.3, 0.4) is 0 Å². The van der Waals surface area contributed by atoms with Crippen LogP contribution in [0, 0.1) is 6.92 Å². The molecule has 2 atom stereocenters. The first-order chi connectivity index (χ1) is 10.1. The van der Waals surface area contributed by atoms with E-state index in [0.29, 0.717) is 12.4 Å². The number of hydrogen-bond donors (Lipinski definition) is 1. The van der Waals surface area contributed by atoms with Gasteiger partial charge in [-0.2, -0.15) is 0 Å². The van der Waals surface area contributed by atoms with Gasteiger partial charge < -0.3 is 10.5 Å². The van der Waals surface area contributed by atoms with Crippen molar-refractivity contribution in [1.82, 2.24) is 0 Å². The molecular formula is C17H21NO2S. The molecule has 0 aliphatic heterocycles. The van der Waals surface area contributed by atoms with Gasteiger partial charge in [-0.1, -0.05) is 36.4 Å². The van der Waals surface area contributed by atoms with Crippen LogP contribution in [0.15, 0.2) is 53.4 Å². The normalized spacial score (nSPS) is 13.7. The summed E-state index contributed by atoms with van der Waals surface area (Å²) >= 11 is 0. The Bertz CT molecular complexity index is 628. The van der Waals surface area contributed by atoms with Crippen LogP contribution < -0.4 is 10.5 Å². The van der Waals surface area contributed by atoms with E-state index >= 15 is 0 Å². The highest BCUT2D eigenvalue weighted by atomic mass is 32.2. The average Bonchev–Trinajstić information content (AvgIpc) is 2.48. The fourth-order valence-electron chi connectivity index (χ4n) is 2.23. The third kappa shape index (κ3) is 3.93.